The highest BCUT2D eigenvalue weighted by molar-refractivity contribution is 9.10. The number of benzene rings is 1. The van der Waals surface area contributed by atoms with Gasteiger partial charge in [-0.15, -0.1) is 0 Å². The maximum atomic E-state index is 12.0. The second-order valence-electron chi connectivity index (χ2n) is 5.41. The number of hydrogen-bond donors (Lipinski definition) is 2. The molecule has 1 rings (SSSR count). The van der Waals surface area contributed by atoms with Crippen molar-refractivity contribution >= 4 is 33.7 Å². The van der Waals surface area contributed by atoms with Gasteiger partial charge < -0.3 is 15.3 Å². The van der Waals surface area contributed by atoms with E-state index < -0.39 is 12.0 Å². The lowest BCUT2D eigenvalue weighted by atomic mass is 10.0. The van der Waals surface area contributed by atoms with Gasteiger partial charge in [0.05, 0.1) is 12.5 Å². The molecule has 1 aromatic rings. The van der Waals surface area contributed by atoms with Crippen LogP contribution in [-0.2, 0) is 14.4 Å². The van der Waals surface area contributed by atoms with Crippen molar-refractivity contribution in [2.45, 2.75) is 31.7 Å². The smallest absolute Gasteiger partial charge is 0.305 e. The lowest BCUT2D eigenvalue weighted by Crippen LogP contribution is -2.30. The number of nitrogens with one attached hydrogen (secondary N) is 1. The molecular formula is C16H21BrN2O4. The molecule has 0 aliphatic carbocycles. The zero-order chi connectivity index (χ0) is 17.4. The molecule has 0 fully saturated rings. The highest BCUT2D eigenvalue weighted by Crippen LogP contribution is 2.21. The largest absolute Gasteiger partial charge is 0.481 e. The Hall–Kier alpha value is -1.89. The molecule has 1 unspecified atom stereocenters. The first-order chi connectivity index (χ1) is 10.8. The van der Waals surface area contributed by atoms with Crippen molar-refractivity contribution in [3.8, 4) is 0 Å². The first-order valence-electron chi connectivity index (χ1n) is 7.26. The van der Waals surface area contributed by atoms with Crippen molar-refractivity contribution in [3.63, 3.8) is 0 Å². The van der Waals surface area contributed by atoms with Crippen LogP contribution in [0.5, 0.6) is 0 Å². The molecule has 0 aromatic heterocycles. The molecule has 23 heavy (non-hydrogen) atoms. The molecule has 2 N–H and O–H groups in total. The summed E-state index contributed by atoms with van der Waals surface area (Å²) in [5.74, 6) is -1.28. The van der Waals surface area contributed by atoms with Gasteiger partial charge in [0.1, 0.15) is 0 Å². The number of halogens is 1. The predicted octanol–water partition coefficient (Wildman–Crippen LogP) is 2.34. The van der Waals surface area contributed by atoms with Gasteiger partial charge in [0.25, 0.3) is 0 Å². The van der Waals surface area contributed by atoms with Crippen molar-refractivity contribution in [3.05, 3.63) is 34.3 Å². The van der Waals surface area contributed by atoms with Gasteiger partial charge in [-0.1, -0.05) is 28.1 Å². The number of aliphatic carboxylic acids is 1. The minimum Gasteiger partial charge on any atom is -0.481 e. The van der Waals surface area contributed by atoms with Crippen LogP contribution in [0.25, 0.3) is 0 Å². The lowest BCUT2D eigenvalue weighted by molar-refractivity contribution is -0.137. The summed E-state index contributed by atoms with van der Waals surface area (Å²) in [7, 11) is 3.33. The quantitative estimate of drug-likeness (QED) is 0.719. The highest BCUT2D eigenvalue weighted by atomic mass is 79.9. The summed E-state index contributed by atoms with van der Waals surface area (Å²) in [5.41, 5.74) is 0.722. The average Bonchev–Trinajstić information content (AvgIpc) is 2.45. The van der Waals surface area contributed by atoms with Crippen molar-refractivity contribution in [2.75, 3.05) is 14.1 Å². The first-order valence-corrected chi connectivity index (χ1v) is 8.05. The molecule has 6 nitrogen and oxygen atoms in total. The van der Waals surface area contributed by atoms with Crippen LogP contribution in [0, 0.1) is 0 Å². The van der Waals surface area contributed by atoms with Gasteiger partial charge in [-0.25, -0.2) is 0 Å². The Bertz CT molecular complexity index is 575. The Kier molecular flexibility index (Phi) is 7.74. The monoisotopic (exact) mass is 384 g/mol. The first kappa shape index (κ1) is 19.2. The van der Waals surface area contributed by atoms with E-state index >= 15 is 0 Å². The van der Waals surface area contributed by atoms with E-state index in [4.69, 9.17) is 5.11 Å². The Morgan fingerprint density at radius 1 is 1.26 bits per heavy atom. The van der Waals surface area contributed by atoms with Gasteiger partial charge >= 0.3 is 5.97 Å². The number of rotatable bonds is 8. The number of carbonyl (C=O) groups is 3. The molecule has 0 heterocycles. The third-order valence-electron chi connectivity index (χ3n) is 3.26. The molecule has 0 aliphatic heterocycles. The van der Waals surface area contributed by atoms with Gasteiger partial charge in [0.15, 0.2) is 0 Å². The minimum atomic E-state index is -0.988. The fourth-order valence-electron chi connectivity index (χ4n) is 2.04. The molecule has 1 atom stereocenters. The SMILES string of the molecule is CN(C)C(=O)CCCC(=O)NC(CC(=O)O)c1cccc(Br)c1. The van der Waals surface area contributed by atoms with Crippen LogP contribution >= 0.6 is 15.9 Å². The number of nitrogens with zero attached hydrogens (tertiary/aromatic N) is 1. The van der Waals surface area contributed by atoms with E-state index in [1.165, 1.54) is 4.90 Å². The summed E-state index contributed by atoms with van der Waals surface area (Å²) in [6, 6.07) is 6.58. The Morgan fingerprint density at radius 3 is 2.52 bits per heavy atom. The topological polar surface area (TPSA) is 86.7 Å². The van der Waals surface area contributed by atoms with Crippen LogP contribution in [0.2, 0.25) is 0 Å². The molecule has 7 heteroatoms. The molecule has 0 aliphatic rings. The zero-order valence-corrected chi connectivity index (χ0v) is 14.8. The maximum absolute atomic E-state index is 12.0. The minimum absolute atomic E-state index is 0.0353. The fraction of sp³-hybridized carbons (Fsp3) is 0.438. The summed E-state index contributed by atoms with van der Waals surface area (Å²) < 4.78 is 0.816. The molecule has 0 radical (unpaired) electrons. The van der Waals surface area contributed by atoms with Crippen LogP contribution in [0.15, 0.2) is 28.7 Å². The van der Waals surface area contributed by atoms with E-state index in [1.807, 2.05) is 6.07 Å². The number of carboxylic acids is 1. The van der Waals surface area contributed by atoms with Crippen LogP contribution in [0.4, 0.5) is 0 Å². The molecule has 0 bridgehead atoms. The molecule has 0 saturated heterocycles. The van der Waals surface area contributed by atoms with Gasteiger partial charge in [0, 0.05) is 31.4 Å². The average molecular weight is 385 g/mol. The number of carboxylic acid groups (broad SMARTS) is 1. The lowest BCUT2D eigenvalue weighted by Gasteiger charge is -2.18. The molecule has 126 valence electrons. The Balaban J connectivity index is 2.61. The summed E-state index contributed by atoms with van der Waals surface area (Å²) >= 11 is 3.33. The summed E-state index contributed by atoms with van der Waals surface area (Å²) in [5, 5.41) is 11.8. The van der Waals surface area contributed by atoms with Crippen molar-refractivity contribution in [2.24, 2.45) is 0 Å². The van der Waals surface area contributed by atoms with Crippen LogP contribution < -0.4 is 5.32 Å². The van der Waals surface area contributed by atoms with E-state index in [1.54, 1.807) is 32.3 Å². The molecular weight excluding hydrogens is 364 g/mol. The molecule has 1 aromatic carbocycles. The van der Waals surface area contributed by atoms with Crippen LogP contribution in [0.3, 0.4) is 0 Å². The van der Waals surface area contributed by atoms with E-state index in [0.717, 1.165) is 10.0 Å². The van der Waals surface area contributed by atoms with E-state index in [0.29, 0.717) is 12.8 Å². The van der Waals surface area contributed by atoms with Crippen molar-refractivity contribution in [1.82, 2.24) is 10.2 Å². The second-order valence-corrected chi connectivity index (χ2v) is 6.33. The van der Waals surface area contributed by atoms with Crippen molar-refractivity contribution < 1.29 is 19.5 Å². The van der Waals surface area contributed by atoms with Gasteiger partial charge in [-0.3, -0.25) is 14.4 Å². The number of hydrogen-bond acceptors (Lipinski definition) is 3. The zero-order valence-electron chi connectivity index (χ0n) is 13.2. The predicted molar refractivity (Wildman–Crippen MR) is 89.8 cm³/mol. The number of amides is 2. The normalized spacial score (nSPS) is 11.6. The van der Waals surface area contributed by atoms with Gasteiger partial charge in [0.2, 0.25) is 11.8 Å². The fourth-order valence-corrected chi connectivity index (χ4v) is 2.46. The highest BCUT2D eigenvalue weighted by Gasteiger charge is 2.18. The van der Waals surface area contributed by atoms with E-state index in [-0.39, 0.29) is 24.7 Å². The molecule has 0 spiro atoms. The third-order valence-corrected chi connectivity index (χ3v) is 3.75. The van der Waals surface area contributed by atoms with E-state index in [9.17, 15) is 14.4 Å². The van der Waals surface area contributed by atoms with Gasteiger partial charge in [-0.05, 0) is 24.1 Å². The van der Waals surface area contributed by atoms with E-state index in [2.05, 4.69) is 21.2 Å². The molecule has 2 amide bonds. The third kappa shape index (κ3) is 7.27. The number of carbonyl (C=O) groups excluding carboxylic acids is 2. The van der Waals surface area contributed by atoms with Crippen LogP contribution in [0.1, 0.15) is 37.3 Å². The van der Waals surface area contributed by atoms with Crippen molar-refractivity contribution in [1.29, 1.82) is 0 Å². The van der Waals surface area contributed by atoms with Gasteiger partial charge in [-0.2, -0.15) is 0 Å². The second kappa shape index (κ2) is 9.29. The Morgan fingerprint density at radius 2 is 1.96 bits per heavy atom. The summed E-state index contributed by atoms with van der Waals surface area (Å²) in [6.07, 6.45) is 0.713. The molecule has 0 saturated carbocycles. The van der Waals surface area contributed by atoms with Crippen LogP contribution in [-0.4, -0.2) is 41.9 Å². The Labute approximate surface area is 144 Å². The summed E-state index contributed by atoms with van der Waals surface area (Å²) in [4.78, 5) is 36.0. The standard InChI is InChI=1S/C16H21BrN2O4/c1-19(2)15(21)8-4-7-14(20)18-13(10-16(22)23)11-5-3-6-12(17)9-11/h3,5-6,9,13H,4,7-8,10H2,1-2H3,(H,18,20)(H,22,23). The maximum Gasteiger partial charge on any atom is 0.305 e. The summed E-state index contributed by atoms with van der Waals surface area (Å²) in [6.45, 7) is 0.